The van der Waals surface area contributed by atoms with E-state index in [1.54, 1.807) is 24.3 Å². The molecule has 0 spiro atoms. The van der Waals surface area contributed by atoms with E-state index in [9.17, 15) is 18.0 Å². The fourth-order valence-electron chi connectivity index (χ4n) is 4.81. The number of likely N-dealkylation sites (N-methyl/N-ethyl adjacent to an activating group) is 1. The molecule has 4 aromatic rings. The molecule has 1 saturated heterocycles. The number of piperazine rings is 1. The number of carbonyl (C=O) groups is 1. The van der Waals surface area contributed by atoms with Gasteiger partial charge in [-0.3, -0.25) is 4.79 Å². The summed E-state index contributed by atoms with van der Waals surface area (Å²) in [4.78, 5) is 25.6. The van der Waals surface area contributed by atoms with Crippen LogP contribution in [-0.4, -0.2) is 58.6 Å². The number of halogens is 3. The van der Waals surface area contributed by atoms with Crippen molar-refractivity contribution < 1.29 is 18.0 Å². The molecule has 2 aromatic carbocycles. The minimum atomic E-state index is -4.55. The summed E-state index contributed by atoms with van der Waals surface area (Å²) >= 11 is 0. The van der Waals surface area contributed by atoms with Gasteiger partial charge in [-0.1, -0.05) is 17.9 Å². The minimum absolute atomic E-state index is 0.0785. The number of carbonyl (C=O) groups excluding carboxylic acids is 1. The van der Waals surface area contributed by atoms with Crippen molar-refractivity contribution >= 4 is 34.1 Å². The number of hydrogen-bond donors (Lipinski definition) is 2. The number of nitrogens with two attached hydrogens (primary N) is 1. The first-order valence-corrected chi connectivity index (χ1v) is 13.2. The van der Waals surface area contributed by atoms with E-state index >= 15 is 0 Å². The van der Waals surface area contributed by atoms with Crippen LogP contribution in [0.5, 0.6) is 0 Å². The Kier molecular flexibility index (Phi) is 7.60. The van der Waals surface area contributed by atoms with Gasteiger partial charge in [0, 0.05) is 61.4 Å². The molecule has 8 nitrogen and oxygen atoms in total. The summed E-state index contributed by atoms with van der Waals surface area (Å²) in [6.07, 6.45) is -1.28. The number of aromatic nitrogens is 3. The molecule has 0 saturated carbocycles. The van der Waals surface area contributed by atoms with Crippen LogP contribution >= 0.6 is 0 Å². The Morgan fingerprint density at radius 3 is 2.49 bits per heavy atom. The van der Waals surface area contributed by atoms with E-state index in [2.05, 4.69) is 32.0 Å². The molecule has 11 heteroatoms. The number of alkyl halides is 3. The maximum atomic E-state index is 13.7. The summed E-state index contributed by atoms with van der Waals surface area (Å²) < 4.78 is 43.1. The molecule has 1 aliphatic heterocycles. The SMILES string of the molecule is CCn1cc(C#Cc2cc(C(=O)Nc3cc(N4CCN(C)CC4)cc(C(F)(F)F)c3)ccc2C)c2c(N)ncnc21. The summed E-state index contributed by atoms with van der Waals surface area (Å²) in [5.74, 6) is 6.04. The van der Waals surface area contributed by atoms with Crippen LogP contribution in [0.25, 0.3) is 11.0 Å². The summed E-state index contributed by atoms with van der Waals surface area (Å²) in [6, 6.07) is 8.69. The minimum Gasteiger partial charge on any atom is -0.383 e. The van der Waals surface area contributed by atoms with Gasteiger partial charge in [-0.25, -0.2) is 9.97 Å². The Morgan fingerprint density at radius 1 is 1.05 bits per heavy atom. The van der Waals surface area contributed by atoms with E-state index in [0.717, 1.165) is 30.8 Å². The summed E-state index contributed by atoms with van der Waals surface area (Å²) in [7, 11) is 1.97. The molecule has 1 aliphatic rings. The lowest BCUT2D eigenvalue weighted by molar-refractivity contribution is -0.137. The van der Waals surface area contributed by atoms with Gasteiger partial charge in [-0.15, -0.1) is 0 Å². The Labute approximate surface area is 236 Å². The van der Waals surface area contributed by atoms with E-state index in [-0.39, 0.29) is 11.3 Å². The zero-order valence-electron chi connectivity index (χ0n) is 23.0. The molecular formula is C30H30F3N7O. The van der Waals surface area contributed by atoms with Gasteiger partial charge in [-0.05, 0) is 56.8 Å². The second-order valence-corrected chi connectivity index (χ2v) is 10.1. The highest BCUT2D eigenvalue weighted by molar-refractivity contribution is 6.05. The van der Waals surface area contributed by atoms with Crippen LogP contribution in [0.4, 0.5) is 30.4 Å². The fraction of sp³-hybridized carbons (Fsp3) is 0.300. The van der Waals surface area contributed by atoms with Crippen LogP contribution in [0.1, 0.15) is 39.5 Å². The van der Waals surface area contributed by atoms with Gasteiger partial charge >= 0.3 is 6.18 Å². The Hall–Kier alpha value is -4.56. The predicted octanol–water partition coefficient (Wildman–Crippen LogP) is 4.76. The van der Waals surface area contributed by atoms with Crippen molar-refractivity contribution in [1.82, 2.24) is 19.4 Å². The third-order valence-corrected chi connectivity index (χ3v) is 7.23. The average Bonchev–Trinajstić information content (AvgIpc) is 3.31. The van der Waals surface area contributed by atoms with Crippen LogP contribution in [0.15, 0.2) is 48.9 Å². The highest BCUT2D eigenvalue weighted by atomic mass is 19.4. The second-order valence-electron chi connectivity index (χ2n) is 10.1. The molecule has 5 rings (SSSR count). The van der Waals surface area contributed by atoms with Gasteiger partial charge in [0.1, 0.15) is 17.8 Å². The van der Waals surface area contributed by atoms with E-state index < -0.39 is 17.6 Å². The zero-order valence-corrected chi connectivity index (χ0v) is 23.0. The first-order valence-electron chi connectivity index (χ1n) is 13.2. The third kappa shape index (κ3) is 5.98. The number of rotatable bonds is 4. The highest BCUT2D eigenvalue weighted by Gasteiger charge is 2.32. The van der Waals surface area contributed by atoms with E-state index in [4.69, 9.17) is 5.73 Å². The van der Waals surface area contributed by atoms with Gasteiger partial charge in [0.2, 0.25) is 0 Å². The maximum Gasteiger partial charge on any atom is 0.416 e. The largest absolute Gasteiger partial charge is 0.416 e. The molecule has 212 valence electrons. The number of anilines is 3. The lowest BCUT2D eigenvalue weighted by Crippen LogP contribution is -2.44. The van der Waals surface area contributed by atoms with Gasteiger partial charge < -0.3 is 25.4 Å². The highest BCUT2D eigenvalue weighted by Crippen LogP contribution is 2.35. The molecule has 2 aromatic heterocycles. The molecule has 41 heavy (non-hydrogen) atoms. The number of nitrogens with one attached hydrogen (secondary N) is 1. The first-order chi connectivity index (χ1) is 19.5. The number of nitrogens with zero attached hydrogens (tertiary/aromatic N) is 5. The second kappa shape index (κ2) is 11.1. The monoisotopic (exact) mass is 561 g/mol. The molecule has 0 unspecified atom stereocenters. The van der Waals surface area contributed by atoms with Crippen molar-refractivity contribution in [1.29, 1.82) is 0 Å². The van der Waals surface area contributed by atoms with Crippen LogP contribution in [-0.2, 0) is 12.7 Å². The molecule has 3 N–H and O–H groups in total. The van der Waals surface area contributed by atoms with Crippen molar-refractivity contribution in [2.45, 2.75) is 26.6 Å². The predicted molar refractivity (Wildman–Crippen MR) is 154 cm³/mol. The van der Waals surface area contributed by atoms with Gasteiger partial charge in [0.05, 0.1) is 16.5 Å². The third-order valence-electron chi connectivity index (χ3n) is 7.23. The van der Waals surface area contributed by atoms with E-state index in [1.807, 2.05) is 36.6 Å². The Balaban J connectivity index is 1.44. The Bertz CT molecular complexity index is 1680. The molecule has 1 fully saturated rings. The summed E-state index contributed by atoms with van der Waals surface area (Å²) in [6.45, 7) is 7.20. The lowest BCUT2D eigenvalue weighted by atomic mass is 10.0. The smallest absolute Gasteiger partial charge is 0.383 e. The number of aryl methyl sites for hydroxylation is 2. The molecule has 0 bridgehead atoms. The number of fused-ring (bicyclic) bond motifs is 1. The van der Waals surface area contributed by atoms with Crippen molar-refractivity contribution in [3.8, 4) is 11.8 Å². The van der Waals surface area contributed by atoms with Crippen LogP contribution in [0.2, 0.25) is 0 Å². The van der Waals surface area contributed by atoms with E-state index in [1.165, 1.54) is 6.33 Å². The number of nitrogen functional groups attached to an aromatic ring is 1. The zero-order chi connectivity index (χ0) is 29.3. The normalized spacial score (nSPS) is 14.1. The standard InChI is InChI=1S/C30H30F3N7O/c1-4-39-17-22(26-27(34)35-18-36-28(26)39)8-7-20-13-21(6-5-19(20)2)29(41)37-24-14-23(30(31,32)33)15-25(16-24)40-11-9-38(3)10-12-40/h5-6,13-18H,4,9-12H2,1-3H3,(H,37,41)(H2,34,35,36). The van der Waals surface area contributed by atoms with E-state index in [0.29, 0.717) is 53.3 Å². The topological polar surface area (TPSA) is 92.3 Å². The molecule has 0 aliphatic carbocycles. The number of amides is 1. The van der Waals surface area contributed by atoms with Crippen LogP contribution in [0, 0.1) is 18.8 Å². The van der Waals surface area contributed by atoms with Gasteiger partial charge in [0.25, 0.3) is 5.91 Å². The molecule has 1 amide bonds. The van der Waals surface area contributed by atoms with Crippen molar-refractivity contribution in [3.63, 3.8) is 0 Å². The molecular weight excluding hydrogens is 531 g/mol. The lowest BCUT2D eigenvalue weighted by Gasteiger charge is -2.34. The Morgan fingerprint density at radius 2 is 1.78 bits per heavy atom. The number of hydrogen-bond acceptors (Lipinski definition) is 6. The summed E-state index contributed by atoms with van der Waals surface area (Å²) in [5.41, 5.74) is 8.86. The van der Waals surface area contributed by atoms with Crippen LogP contribution < -0.4 is 16.0 Å². The quantitative estimate of drug-likeness (QED) is 0.349. The molecule has 0 radical (unpaired) electrons. The average molecular weight is 562 g/mol. The fourth-order valence-corrected chi connectivity index (χ4v) is 4.81. The van der Waals surface area contributed by atoms with Crippen molar-refractivity contribution in [2.75, 3.05) is 49.2 Å². The van der Waals surface area contributed by atoms with Gasteiger partial charge in [0.15, 0.2) is 0 Å². The first kappa shape index (κ1) is 28.0. The molecule has 0 atom stereocenters. The maximum absolute atomic E-state index is 13.7. The summed E-state index contributed by atoms with van der Waals surface area (Å²) in [5, 5.41) is 3.32. The van der Waals surface area contributed by atoms with Gasteiger partial charge in [-0.2, -0.15) is 13.2 Å². The number of benzene rings is 2. The van der Waals surface area contributed by atoms with Crippen molar-refractivity contribution in [2.24, 2.45) is 0 Å². The van der Waals surface area contributed by atoms with Crippen LogP contribution in [0.3, 0.4) is 0 Å². The van der Waals surface area contributed by atoms with Crippen molar-refractivity contribution in [3.05, 3.63) is 76.7 Å². The molecule has 3 heterocycles.